The zero-order valence-corrected chi connectivity index (χ0v) is 22.0. The molecule has 0 unspecified atom stereocenters. The standard InChI is InChI=1S/C26H31F2N9O2/c1-15-20(12-21(38)16-4-6-18(7-5-16)35(2)3)26(27,28)10-11-36(15)25-32-24(22(23(29)39)33-34-25)31-17-13-30-37(14-17)19-8-9-19/h4-7,13-15,19-20H,8-12H2,1-3H3,(H2,29,39)(H,31,32,34)/t15-,20+/m1/s1. The average Bonchev–Trinajstić information content (AvgIpc) is 3.65. The van der Waals surface area contributed by atoms with Crippen LogP contribution in [-0.4, -0.2) is 69.3 Å². The molecule has 1 amide bonds. The summed E-state index contributed by atoms with van der Waals surface area (Å²) in [6.45, 7) is 1.57. The highest BCUT2D eigenvalue weighted by molar-refractivity contribution is 5.97. The molecule has 2 atom stereocenters. The van der Waals surface area contributed by atoms with Gasteiger partial charge < -0.3 is 20.9 Å². The first-order chi connectivity index (χ1) is 18.5. The first-order valence-electron chi connectivity index (χ1n) is 12.8. The van der Waals surface area contributed by atoms with Gasteiger partial charge >= 0.3 is 0 Å². The number of carbonyl (C=O) groups excluding carboxylic acids is 2. The number of nitrogens with zero attached hydrogens (tertiary/aromatic N) is 7. The molecule has 0 bridgehead atoms. The van der Waals surface area contributed by atoms with Crippen LogP contribution in [0.25, 0.3) is 0 Å². The van der Waals surface area contributed by atoms with Crippen LogP contribution >= 0.6 is 0 Å². The first-order valence-corrected chi connectivity index (χ1v) is 12.8. The van der Waals surface area contributed by atoms with Gasteiger partial charge in [-0.1, -0.05) is 0 Å². The second kappa shape index (κ2) is 10.2. The number of carbonyl (C=O) groups is 2. The molecular formula is C26H31F2N9O2. The molecule has 1 saturated carbocycles. The molecule has 5 rings (SSSR count). The molecule has 2 fully saturated rings. The highest BCUT2D eigenvalue weighted by Crippen LogP contribution is 2.41. The summed E-state index contributed by atoms with van der Waals surface area (Å²) >= 11 is 0. The Balaban J connectivity index is 1.38. The maximum absolute atomic E-state index is 15.1. The summed E-state index contributed by atoms with van der Waals surface area (Å²) in [6.07, 6.45) is 4.67. The second-order valence-corrected chi connectivity index (χ2v) is 10.4. The third kappa shape index (κ3) is 5.52. The lowest BCUT2D eigenvalue weighted by molar-refractivity contribution is -0.0849. The Labute approximate surface area is 224 Å². The molecule has 1 aliphatic carbocycles. The lowest BCUT2D eigenvalue weighted by Gasteiger charge is -2.43. The van der Waals surface area contributed by atoms with Crippen LogP contribution in [-0.2, 0) is 0 Å². The number of Topliss-reactive ketones (excluding diaryl/α,β-unsaturated/α-hetero) is 1. The van der Waals surface area contributed by atoms with Crippen LogP contribution in [0.15, 0.2) is 36.7 Å². The van der Waals surface area contributed by atoms with Crippen LogP contribution < -0.4 is 20.9 Å². The monoisotopic (exact) mass is 539 g/mol. The summed E-state index contributed by atoms with van der Waals surface area (Å²) < 4.78 is 32.1. The molecule has 11 nitrogen and oxygen atoms in total. The smallest absolute Gasteiger partial charge is 0.273 e. The molecule has 2 aromatic heterocycles. The summed E-state index contributed by atoms with van der Waals surface area (Å²) in [4.78, 5) is 33.0. The number of rotatable bonds is 9. The summed E-state index contributed by atoms with van der Waals surface area (Å²) in [5, 5.41) is 15.3. The quantitative estimate of drug-likeness (QED) is 0.392. The molecule has 3 N–H and O–H groups in total. The molecule has 0 spiro atoms. The van der Waals surface area contributed by atoms with E-state index in [-0.39, 0.29) is 36.2 Å². The molecule has 39 heavy (non-hydrogen) atoms. The van der Waals surface area contributed by atoms with Gasteiger partial charge in [0.1, 0.15) is 0 Å². The number of alkyl halides is 2. The van der Waals surface area contributed by atoms with Gasteiger partial charge in [0.05, 0.1) is 23.8 Å². The van der Waals surface area contributed by atoms with Crippen molar-refractivity contribution >= 4 is 34.8 Å². The SMILES string of the molecule is C[C@@H]1[C@H](CC(=O)c2ccc(N(C)C)cc2)C(F)(F)CCN1c1nnc(C(N)=O)c(Nc2cnn(C3CC3)c2)n1. The summed E-state index contributed by atoms with van der Waals surface area (Å²) in [5.74, 6) is -5.42. The highest BCUT2D eigenvalue weighted by Gasteiger charge is 2.49. The molecule has 1 aliphatic heterocycles. The maximum atomic E-state index is 15.1. The average molecular weight is 540 g/mol. The number of amides is 1. The number of primary amides is 1. The zero-order valence-electron chi connectivity index (χ0n) is 22.0. The highest BCUT2D eigenvalue weighted by atomic mass is 19.3. The van der Waals surface area contributed by atoms with Crippen molar-refractivity contribution in [1.82, 2.24) is 25.0 Å². The number of benzene rings is 1. The van der Waals surface area contributed by atoms with Crippen molar-refractivity contribution in [2.24, 2.45) is 11.7 Å². The van der Waals surface area contributed by atoms with Gasteiger partial charge in [0.15, 0.2) is 17.3 Å². The Hall–Kier alpha value is -4.16. The number of anilines is 4. The van der Waals surface area contributed by atoms with Gasteiger partial charge in [-0.15, -0.1) is 10.2 Å². The Bertz CT molecular complexity index is 1370. The summed E-state index contributed by atoms with van der Waals surface area (Å²) in [5.41, 5.74) is 7.17. The third-order valence-corrected chi connectivity index (χ3v) is 7.36. The number of halogens is 2. The lowest BCUT2D eigenvalue weighted by atomic mass is 9.82. The van der Waals surface area contributed by atoms with Crippen LogP contribution in [0.3, 0.4) is 0 Å². The van der Waals surface area contributed by atoms with Gasteiger partial charge in [-0.05, 0) is 44.0 Å². The molecule has 2 aliphatic rings. The van der Waals surface area contributed by atoms with Crippen LogP contribution in [0.2, 0.25) is 0 Å². The lowest BCUT2D eigenvalue weighted by Crippen LogP contribution is -2.54. The van der Waals surface area contributed by atoms with Crippen molar-refractivity contribution in [2.75, 3.05) is 35.8 Å². The van der Waals surface area contributed by atoms with Gasteiger partial charge in [0, 0.05) is 57.0 Å². The topological polar surface area (TPSA) is 135 Å². The number of ketones is 1. The summed E-state index contributed by atoms with van der Waals surface area (Å²) in [6, 6.07) is 6.44. The van der Waals surface area contributed by atoms with Gasteiger partial charge in [-0.3, -0.25) is 14.3 Å². The van der Waals surface area contributed by atoms with Gasteiger partial charge in [0.2, 0.25) is 5.95 Å². The largest absolute Gasteiger partial charge is 0.378 e. The number of nitrogens with one attached hydrogen (secondary N) is 1. The fraction of sp³-hybridized carbons (Fsp3) is 0.462. The fourth-order valence-electron chi connectivity index (χ4n) is 4.86. The van der Waals surface area contributed by atoms with Crippen LogP contribution in [0, 0.1) is 5.92 Å². The Kier molecular flexibility index (Phi) is 6.91. The van der Waals surface area contributed by atoms with Gasteiger partial charge in [-0.2, -0.15) is 10.1 Å². The Morgan fingerprint density at radius 3 is 2.54 bits per heavy atom. The van der Waals surface area contributed by atoms with E-state index in [1.54, 1.807) is 48.5 Å². The zero-order chi connectivity index (χ0) is 27.9. The molecule has 0 radical (unpaired) electrons. The number of aromatic nitrogens is 5. The van der Waals surface area contributed by atoms with Crippen molar-refractivity contribution in [3.63, 3.8) is 0 Å². The van der Waals surface area contributed by atoms with Gasteiger partial charge in [0.25, 0.3) is 11.8 Å². The van der Waals surface area contributed by atoms with Crippen LogP contribution in [0.1, 0.15) is 59.5 Å². The normalized spacial score (nSPS) is 20.5. The number of hydrogen-bond donors (Lipinski definition) is 2. The minimum atomic E-state index is -3.06. The maximum Gasteiger partial charge on any atom is 0.273 e. The molecule has 13 heteroatoms. The van der Waals surface area contributed by atoms with Crippen LogP contribution in [0.4, 0.5) is 31.9 Å². The van der Waals surface area contributed by atoms with E-state index in [2.05, 4.69) is 25.6 Å². The van der Waals surface area contributed by atoms with E-state index in [9.17, 15) is 9.59 Å². The molecule has 1 aromatic carbocycles. The third-order valence-electron chi connectivity index (χ3n) is 7.36. The summed E-state index contributed by atoms with van der Waals surface area (Å²) in [7, 11) is 3.76. The molecule has 1 saturated heterocycles. The van der Waals surface area contributed by atoms with Gasteiger partial charge in [-0.25, -0.2) is 8.78 Å². The Morgan fingerprint density at radius 2 is 1.90 bits per heavy atom. The second-order valence-electron chi connectivity index (χ2n) is 10.4. The minimum Gasteiger partial charge on any atom is -0.378 e. The minimum absolute atomic E-state index is 0.0486. The van der Waals surface area contributed by atoms with E-state index in [1.807, 2.05) is 23.7 Å². The van der Waals surface area contributed by atoms with Crippen molar-refractivity contribution < 1.29 is 18.4 Å². The predicted molar refractivity (Wildman–Crippen MR) is 142 cm³/mol. The molecule has 3 aromatic rings. The van der Waals surface area contributed by atoms with E-state index in [0.29, 0.717) is 17.3 Å². The molecule has 3 heterocycles. The Morgan fingerprint density at radius 1 is 1.18 bits per heavy atom. The van der Waals surface area contributed by atoms with Crippen LogP contribution in [0.5, 0.6) is 0 Å². The van der Waals surface area contributed by atoms with Crippen molar-refractivity contribution in [1.29, 1.82) is 0 Å². The van der Waals surface area contributed by atoms with Crippen molar-refractivity contribution in [2.45, 2.75) is 50.6 Å². The number of hydrogen-bond acceptors (Lipinski definition) is 9. The fourth-order valence-corrected chi connectivity index (χ4v) is 4.86. The number of piperidine rings is 1. The molecular weight excluding hydrogens is 508 g/mol. The van der Waals surface area contributed by atoms with E-state index < -0.39 is 30.2 Å². The van der Waals surface area contributed by atoms with E-state index in [4.69, 9.17) is 5.73 Å². The predicted octanol–water partition coefficient (Wildman–Crippen LogP) is 3.43. The van der Waals surface area contributed by atoms with Crippen molar-refractivity contribution in [3.05, 3.63) is 47.9 Å². The van der Waals surface area contributed by atoms with E-state index in [0.717, 1.165) is 18.5 Å². The first kappa shape index (κ1) is 26.4. The molecule has 206 valence electrons. The van der Waals surface area contributed by atoms with E-state index >= 15 is 8.78 Å². The van der Waals surface area contributed by atoms with Crippen molar-refractivity contribution in [3.8, 4) is 0 Å². The van der Waals surface area contributed by atoms with E-state index in [1.165, 1.54) is 0 Å². The number of nitrogens with two attached hydrogens (primary N) is 1.